The molecule has 0 radical (unpaired) electrons. The average molecular weight is 482 g/mol. The molecular weight excluding hydrogens is 446 g/mol. The fourth-order valence-electron chi connectivity index (χ4n) is 4.87. The summed E-state index contributed by atoms with van der Waals surface area (Å²) in [4.78, 5) is 41.1. The fraction of sp³-hybridized carbons (Fsp3) is 0.519. The minimum absolute atomic E-state index is 0.123. The summed E-state index contributed by atoms with van der Waals surface area (Å²) in [6, 6.07) is 10.3. The van der Waals surface area contributed by atoms with Crippen molar-refractivity contribution in [3.63, 3.8) is 0 Å². The maximum atomic E-state index is 13.7. The molecule has 2 aliphatic rings. The molecule has 1 aliphatic carbocycles. The van der Waals surface area contributed by atoms with Gasteiger partial charge in [0.1, 0.15) is 6.04 Å². The number of carbonyl (C=O) groups is 3. The van der Waals surface area contributed by atoms with Crippen molar-refractivity contribution in [1.82, 2.24) is 15.5 Å². The van der Waals surface area contributed by atoms with Crippen LogP contribution in [0.2, 0.25) is 0 Å². The minimum atomic E-state index is -0.807. The van der Waals surface area contributed by atoms with E-state index >= 15 is 0 Å². The molecule has 8 nitrogen and oxygen atoms in total. The maximum absolute atomic E-state index is 13.7. The Morgan fingerprint density at radius 1 is 1.06 bits per heavy atom. The summed E-state index contributed by atoms with van der Waals surface area (Å²) in [5.41, 5.74) is 1.91. The summed E-state index contributed by atoms with van der Waals surface area (Å²) < 4.78 is 11.0. The van der Waals surface area contributed by atoms with E-state index in [2.05, 4.69) is 17.6 Å². The lowest BCUT2D eigenvalue weighted by Gasteiger charge is -2.34. The number of rotatable bonds is 10. The zero-order chi connectivity index (χ0) is 24.6. The first-order valence-electron chi connectivity index (χ1n) is 12.7. The van der Waals surface area contributed by atoms with Crippen LogP contribution in [0.15, 0.2) is 47.1 Å². The summed E-state index contributed by atoms with van der Waals surface area (Å²) in [6.45, 7) is 2.76. The largest absolute Gasteiger partial charge is 0.459 e. The molecule has 2 atom stereocenters. The fourth-order valence-corrected chi connectivity index (χ4v) is 4.87. The topological polar surface area (TPSA) is 101 Å². The molecule has 4 rings (SSSR count). The molecule has 1 aromatic heterocycles. The van der Waals surface area contributed by atoms with Crippen molar-refractivity contribution in [2.24, 2.45) is 0 Å². The van der Waals surface area contributed by atoms with Crippen molar-refractivity contribution in [3.05, 3.63) is 59.5 Å². The molecule has 2 heterocycles. The van der Waals surface area contributed by atoms with Gasteiger partial charge in [-0.05, 0) is 55.4 Å². The van der Waals surface area contributed by atoms with Gasteiger partial charge in [-0.15, -0.1) is 0 Å². The van der Waals surface area contributed by atoms with E-state index in [1.165, 1.54) is 12.3 Å². The Bertz CT molecular complexity index is 977. The van der Waals surface area contributed by atoms with Gasteiger partial charge in [-0.1, -0.05) is 44.0 Å². The third kappa shape index (κ3) is 6.51. The number of hydrogen-bond acceptors (Lipinski definition) is 5. The minimum Gasteiger partial charge on any atom is -0.459 e. The molecule has 2 aromatic rings. The number of nitrogens with one attached hydrogen (secondary N) is 2. The number of aryl methyl sites for hydroxylation is 1. The highest BCUT2D eigenvalue weighted by Crippen LogP contribution is 2.27. The van der Waals surface area contributed by atoms with Gasteiger partial charge in [0.25, 0.3) is 5.91 Å². The Balaban J connectivity index is 1.58. The van der Waals surface area contributed by atoms with Gasteiger partial charge in [0.05, 0.1) is 18.9 Å². The quantitative estimate of drug-likeness (QED) is 0.542. The lowest BCUT2D eigenvalue weighted by Crippen LogP contribution is -2.50. The van der Waals surface area contributed by atoms with Gasteiger partial charge < -0.3 is 24.7 Å². The Labute approximate surface area is 206 Å². The summed E-state index contributed by atoms with van der Waals surface area (Å²) in [5.74, 6) is -0.870. The third-order valence-electron chi connectivity index (χ3n) is 6.86. The second kappa shape index (κ2) is 12.0. The van der Waals surface area contributed by atoms with Crippen molar-refractivity contribution in [3.8, 4) is 0 Å². The van der Waals surface area contributed by atoms with E-state index in [4.69, 9.17) is 9.15 Å². The summed E-state index contributed by atoms with van der Waals surface area (Å²) in [7, 11) is 0. The molecule has 8 heteroatoms. The standard InChI is InChI=1S/C27H35N3O5/c1-2-19-11-13-20(14-12-19)25(27(33)29-21-7-3-4-8-21)30(18-22-9-5-15-34-22)24(31)17-28-26(32)23-10-6-16-35-23/h6,10-14,16,21-22,25H,2-5,7-9,15,17-18H2,1H3,(H,28,32)(H,29,33)/t22-,25-/m0/s1. The van der Waals surface area contributed by atoms with Crippen molar-refractivity contribution >= 4 is 17.7 Å². The highest BCUT2D eigenvalue weighted by Gasteiger charge is 2.35. The van der Waals surface area contributed by atoms with Gasteiger partial charge in [-0.25, -0.2) is 0 Å². The van der Waals surface area contributed by atoms with Crippen LogP contribution in [0.5, 0.6) is 0 Å². The Kier molecular flexibility index (Phi) is 8.58. The van der Waals surface area contributed by atoms with Crippen molar-refractivity contribution in [2.75, 3.05) is 19.7 Å². The van der Waals surface area contributed by atoms with Gasteiger partial charge in [0.15, 0.2) is 5.76 Å². The molecule has 0 unspecified atom stereocenters. The summed E-state index contributed by atoms with van der Waals surface area (Å²) in [6.07, 6.45) is 7.99. The van der Waals surface area contributed by atoms with Gasteiger partial charge in [0.2, 0.25) is 11.8 Å². The molecule has 2 fully saturated rings. The Morgan fingerprint density at radius 2 is 1.83 bits per heavy atom. The molecule has 1 aliphatic heterocycles. The highest BCUT2D eigenvalue weighted by atomic mass is 16.5. The van der Waals surface area contributed by atoms with Crippen LogP contribution in [0, 0.1) is 0 Å². The van der Waals surface area contributed by atoms with Crippen LogP contribution in [-0.4, -0.2) is 54.5 Å². The van der Waals surface area contributed by atoms with Crippen molar-refractivity contribution < 1.29 is 23.5 Å². The van der Waals surface area contributed by atoms with Gasteiger partial charge >= 0.3 is 0 Å². The lowest BCUT2D eigenvalue weighted by atomic mass is 10.00. The molecule has 2 N–H and O–H groups in total. The molecular formula is C27H35N3O5. The average Bonchev–Trinajstić information content (AvgIpc) is 3.66. The number of furan rings is 1. The first-order valence-corrected chi connectivity index (χ1v) is 12.7. The number of carbonyl (C=O) groups excluding carboxylic acids is 3. The number of ether oxygens (including phenoxy) is 1. The molecule has 188 valence electrons. The van der Waals surface area contributed by atoms with Gasteiger partial charge in [-0.3, -0.25) is 14.4 Å². The molecule has 1 saturated carbocycles. The molecule has 1 aromatic carbocycles. The zero-order valence-electron chi connectivity index (χ0n) is 20.3. The first-order chi connectivity index (χ1) is 17.0. The van der Waals surface area contributed by atoms with Crippen LogP contribution in [0.3, 0.4) is 0 Å². The van der Waals surface area contributed by atoms with Crippen LogP contribution in [0.1, 0.15) is 73.2 Å². The maximum Gasteiger partial charge on any atom is 0.287 e. The number of nitrogens with zero attached hydrogens (tertiary/aromatic N) is 1. The van der Waals surface area contributed by atoms with E-state index in [-0.39, 0.29) is 42.8 Å². The van der Waals surface area contributed by atoms with Crippen LogP contribution in [0.25, 0.3) is 0 Å². The molecule has 0 spiro atoms. The Hall–Kier alpha value is -3.13. The highest BCUT2D eigenvalue weighted by molar-refractivity contribution is 5.95. The predicted octanol–water partition coefficient (Wildman–Crippen LogP) is 3.38. The molecule has 35 heavy (non-hydrogen) atoms. The molecule has 3 amide bonds. The van der Waals surface area contributed by atoms with Crippen LogP contribution < -0.4 is 10.6 Å². The van der Waals surface area contributed by atoms with E-state index in [1.54, 1.807) is 11.0 Å². The second-order valence-electron chi connectivity index (χ2n) is 9.33. The number of amides is 3. The van der Waals surface area contributed by atoms with Crippen LogP contribution >= 0.6 is 0 Å². The predicted molar refractivity (Wildman–Crippen MR) is 131 cm³/mol. The second-order valence-corrected chi connectivity index (χ2v) is 9.33. The van der Waals surface area contributed by atoms with Crippen LogP contribution in [-0.2, 0) is 20.7 Å². The first kappa shape index (κ1) is 25.0. The zero-order valence-corrected chi connectivity index (χ0v) is 20.3. The normalized spacial score (nSPS) is 18.8. The van der Waals surface area contributed by atoms with Gasteiger partial charge in [-0.2, -0.15) is 0 Å². The van der Waals surface area contributed by atoms with E-state index in [0.717, 1.165) is 56.1 Å². The third-order valence-corrected chi connectivity index (χ3v) is 6.86. The summed E-state index contributed by atoms with van der Waals surface area (Å²) in [5, 5.41) is 5.81. The molecule has 0 bridgehead atoms. The van der Waals surface area contributed by atoms with Gasteiger partial charge in [0, 0.05) is 19.2 Å². The van der Waals surface area contributed by atoms with Crippen LogP contribution in [0.4, 0.5) is 0 Å². The monoisotopic (exact) mass is 481 g/mol. The Morgan fingerprint density at radius 3 is 2.46 bits per heavy atom. The van der Waals surface area contributed by atoms with E-state index in [1.807, 2.05) is 24.3 Å². The van der Waals surface area contributed by atoms with Crippen molar-refractivity contribution in [2.45, 2.75) is 70.1 Å². The lowest BCUT2D eigenvalue weighted by molar-refractivity contribution is -0.142. The number of benzene rings is 1. The van der Waals surface area contributed by atoms with E-state index in [0.29, 0.717) is 6.61 Å². The number of hydrogen-bond donors (Lipinski definition) is 2. The van der Waals surface area contributed by atoms with Crippen molar-refractivity contribution in [1.29, 1.82) is 0 Å². The van der Waals surface area contributed by atoms with E-state index < -0.39 is 11.9 Å². The molecule has 1 saturated heterocycles. The van der Waals surface area contributed by atoms with E-state index in [9.17, 15) is 14.4 Å². The smallest absolute Gasteiger partial charge is 0.287 e. The SMILES string of the molecule is CCc1ccc([C@@H](C(=O)NC2CCCC2)N(C[C@@H]2CCCO2)C(=O)CNC(=O)c2ccco2)cc1. The summed E-state index contributed by atoms with van der Waals surface area (Å²) >= 11 is 0.